The summed E-state index contributed by atoms with van der Waals surface area (Å²) in [5.41, 5.74) is 2.37. The number of aryl methyl sites for hydroxylation is 1. The van der Waals surface area contributed by atoms with Crippen LogP contribution in [-0.2, 0) is 19.1 Å². The monoisotopic (exact) mass is 494 g/mol. The van der Waals surface area contributed by atoms with Gasteiger partial charge < -0.3 is 19.7 Å². The zero-order chi connectivity index (χ0) is 25.8. The first-order valence-corrected chi connectivity index (χ1v) is 12.1. The standard InChI is InChI=1S/C30H26N2O5/c1-20-9-11-23(12-10-20)31-28(33)19-36-30(35)22-17-29(34)32(18-22)24-13-15-25(16-14-24)37-27-8-4-6-21-5-2-3-7-26(21)27/h2-16,22H,17-19H2,1H3,(H,31,33)/t22-/m0/s1. The number of amides is 2. The predicted octanol–water partition coefficient (Wildman–Crippen LogP) is 5.48. The first-order chi connectivity index (χ1) is 18.0. The van der Waals surface area contributed by atoms with Crippen LogP contribution in [0.5, 0.6) is 11.5 Å². The molecule has 5 rings (SSSR count). The maximum absolute atomic E-state index is 12.6. The fourth-order valence-electron chi connectivity index (χ4n) is 4.31. The number of nitrogens with one attached hydrogen (secondary N) is 1. The normalized spacial score (nSPS) is 15.0. The van der Waals surface area contributed by atoms with Crippen molar-refractivity contribution in [3.8, 4) is 11.5 Å². The van der Waals surface area contributed by atoms with Gasteiger partial charge in [-0.3, -0.25) is 14.4 Å². The molecule has 1 saturated heterocycles. The van der Waals surface area contributed by atoms with Crippen molar-refractivity contribution in [2.75, 3.05) is 23.4 Å². The molecule has 0 bridgehead atoms. The van der Waals surface area contributed by atoms with Gasteiger partial charge in [-0.05, 0) is 54.8 Å². The first kappa shape index (κ1) is 24.1. The van der Waals surface area contributed by atoms with Gasteiger partial charge in [0, 0.05) is 29.7 Å². The molecule has 1 N–H and O–H groups in total. The molecule has 0 radical (unpaired) electrons. The van der Waals surface area contributed by atoms with Crippen molar-refractivity contribution >= 4 is 39.9 Å². The van der Waals surface area contributed by atoms with Gasteiger partial charge in [-0.2, -0.15) is 0 Å². The lowest BCUT2D eigenvalue weighted by atomic mass is 10.1. The number of nitrogens with zero attached hydrogens (tertiary/aromatic N) is 1. The second-order valence-corrected chi connectivity index (χ2v) is 9.00. The summed E-state index contributed by atoms with van der Waals surface area (Å²) in [4.78, 5) is 38.8. The Bertz CT molecular complexity index is 1440. The Morgan fingerprint density at radius 2 is 1.65 bits per heavy atom. The molecular formula is C30H26N2O5. The number of hydrogen-bond acceptors (Lipinski definition) is 5. The summed E-state index contributed by atoms with van der Waals surface area (Å²) in [7, 11) is 0. The number of rotatable bonds is 7. The average Bonchev–Trinajstić information content (AvgIpc) is 3.31. The zero-order valence-electron chi connectivity index (χ0n) is 20.3. The van der Waals surface area contributed by atoms with Crippen LogP contribution in [0.25, 0.3) is 10.8 Å². The zero-order valence-corrected chi connectivity index (χ0v) is 20.3. The molecule has 0 saturated carbocycles. The van der Waals surface area contributed by atoms with Crippen molar-refractivity contribution in [2.24, 2.45) is 5.92 Å². The molecule has 4 aromatic rings. The molecule has 4 aromatic carbocycles. The van der Waals surface area contributed by atoms with Gasteiger partial charge in [0.15, 0.2) is 6.61 Å². The third kappa shape index (κ3) is 5.62. The summed E-state index contributed by atoms with van der Waals surface area (Å²) in [5.74, 6) is -0.411. The summed E-state index contributed by atoms with van der Waals surface area (Å²) in [5, 5.41) is 4.79. The lowest BCUT2D eigenvalue weighted by Gasteiger charge is -2.17. The van der Waals surface area contributed by atoms with Crippen molar-refractivity contribution in [1.82, 2.24) is 0 Å². The van der Waals surface area contributed by atoms with E-state index in [2.05, 4.69) is 5.32 Å². The molecule has 1 fully saturated rings. The van der Waals surface area contributed by atoms with Crippen LogP contribution in [0, 0.1) is 12.8 Å². The smallest absolute Gasteiger partial charge is 0.311 e. The maximum Gasteiger partial charge on any atom is 0.311 e. The first-order valence-electron chi connectivity index (χ1n) is 12.1. The topological polar surface area (TPSA) is 84.9 Å². The second-order valence-electron chi connectivity index (χ2n) is 9.00. The van der Waals surface area contributed by atoms with E-state index in [1.807, 2.05) is 61.5 Å². The van der Waals surface area contributed by atoms with Gasteiger partial charge in [-0.1, -0.05) is 54.1 Å². The van der Waals surface area contributed by atoms with Crippen molar-refractivity contribution < 1.29 is 23.9 Å². The molecule has 0 unspecified atom stereocenters. The molecule has 0 aromatic heterocycles. The largest absolute Gasteiger partial charge is 0.457 e. The maximum atomic E-state index is 12.6. The van der Waals surface area contributed by atoms with Crippen LogP contribution in [0.4, 0.5) is 11.4 Å². The molecule has 1 aliphatic heterocycles. The Hall–Kier alpha value is -4.65. The Kier molecular flexibility index (Phi) is 6.85. The van der Waals surface area contributed by atoms with E-state index >= 15 is 0 Å². The van der Waals surface area contributed by atoms with E-state index in [4.69, 9.17) is 9.47 Å². The van der Waals surface area contributed by atoms with Crippen LogP contribution in [-0.4, -0.2) is 30.9 Å². The number of fused-ring (bicyclic) bond motifs is 1. The van der Waals surface area contributed by atoms with E-state index in [-0.39, 0.29) is 18.9 Å². The summed E-state index contributed by atoms with van der Waals surface area (Å²) in [6.45, 7) is 1.74. The van der Waals surface area contributed by atoms with Gasteiger partial charge in [0.1, 0.15) is 11.5 Å². The molecule has 37 heavy (non-hydrogen) atoms. The van der Waals surface area contributed by atoms with Crippen LogP contribution in [0.3, 0.4) is 0 Å². The number of anilines is 2. The highest BCUT2D eigenvalue weighted by atomic mass is 16.5. The molecule has 1 atom stereocenters. The number of hydrogen-bond donors (Lipinski definition) is 1. The van der Waals surface area contributed by atoms with Crippen LogP contribution in [0.2, 0.25) is 0 Å². The highest BCUT2D eigenvalue weighted by Gasteiger charge is 2.36. The Balaban J connectivity index is 1.16. The van der Waals surface area contributed by atoms with E-state index in [1.165, 1.54) is 0 Å². The fourth-order valence-corrected chi connectivity index (χ4v) is 4.31. The second kappa shape index (κ2) is 10.5. The average molecular weight is 495 g/mol. The molecule has 1 aliphatic rings. The van der Waals surface area contributed by atoms with Gasteiger partial charge in [-0.25, -0.2) is 0 Å². The van der Waals surface area contributed by atoms with Crippen LogP contribution >= 0.6 is 0 Å². The van der Waals surface area contributed by atoms with E-state index in [9.17, 15) is 14.4 Å². The molecule has 186 valence electrons. The fraction of sp³-hybridized carbons (Fsp3) is 0.167. The lowest BCUT2D eigenvalue weighted by Crippen LogP contribution is -2.28. The third-order valence-electron chi connectivity index (χ3n) is 6.27. The number of benzene rings is 4. The lowest BCUT2D eigenvalue weighted by molar-refractivity contribution is -0.151. The summed E-state index contributed by atoms with van der Waals surface area (Å²) < 4.78 is 11.3. The minimum absolute atomic E-state index is 0.0344. The third-order valence-corrected chi connectivity index (χ3v) is 6.27. The summed E-state index contributed by atoms with van der Waals surface area (Å²) in [6, 6.07) is 28.4. The van der Waals surface area contributed by atoms with Crippen molar-refractivity contribution in [1.29, 1.82) is 0 Å². The van der Waals surface area contributed by atoms with Crippen molar-refractivity contribution in [3.63, 3.8) is 0 Å². The Morgan fingerprint density at radius 3 is 2.43 bits per heavy atom. The number of ether oxygens (including phenoxy) is 2. The number of carbonyl (C=O) groups excluding carboxylic acids is 3. The van der Waals surface area contributed by atoms with E-state index in [0.717, 1.165) is 22.1 Å². The van der Waals surface area contributed by atoms with E-state index in [0.29, 0.717) is 17.1 Å². The number of carbonyl (C=O) groups is 3. The van der Waals surface area contributed by atoms with Gasteiger partial charge in [0.2, 0.25) is 5.91 Å². The quantitative estimate of drug-likeness (QED) is 0.344. The molecule has 1 heterocycles. The van der Waals surface area contributed by atoms with Gasteiger partial charge in [0.05, 0.1) is 5.92 Å². The highest BCUT2D eigenvalue weighted by Crippen LogP contribution is 2.32. The van der Waals surface area contributed by atoms with Crippen LogP contribution < -0.4 is 15.0 Å². The van der Waals surface area contributed by atoms with Gasteiger partial charge in [-0.15, -0.1) is 0 Å². The highest BCUT2D eigenvalue weighted by molar-refractivity contribution is 6.00. The minimum Gasteiger partial charge on any atom is -0.457 e. The van der Waals surface area contributed by atoms with Crippen LogP contribution in [0.1, 0.15) is 12.0 Å². The Morgan fingerprint density at radius 1 is 0.919 bits per heavy atom. The minimum atomic E-state index is -0.633. The predicted molar refractivity (Wildman–Crippen MR) is 142 cm³/mol. The molecule has 0 spiro atoms. The SMILES string of the molecule is Cc1ccc(NC(=O)COC(=O)[C@H]2CC(=O)N(c3ccc(Oc4cccc5ccccc45)cc3)C2)cc1. The summed E-state index contributed by atoms with van der Waals surface area (Å²) >= 11 is 0. The summed E-state index contributed by atoms with van der Waals surface area (Å²) in [6.07, 6.45) is 0.0344. The van der Waals surface area contributed by atoms with E-state index < -0.39 is 24.4 Å². The Labute approximate surface area is 214 Å². The van der Waals surface area contributed by atoms with E-state index in [1.54, 1.807) is 41.3 Å². The molecular weight excluding hydrogens is 468 g/mol. The molecule has 2 amide bonds. The van der Waals surface area contributed by atoms with Crippen LogP contribution in [0.15, 0.2) is 91.0 Å². The van der Waals surface area contributed by atoms with Gasteiger partial charge in [0.25, 0.3) is 5.91 Å². The van der Waals surface area contributed by atoms with Crippen molar-refractivity contribution in [3.05, 3.63) is 96.6 Å². The number of esters is 1. The molecule has 7 heteroatoms. The van der Waals surface area contributed by atoms with Crippen molar-refractivity contribution in [2.45, 2.75) is 13.3 Å². The van der Waals surface area contributed by atoms with Gasteiger partial charge >= 0.3 is 5.97 Å². The molecule has 7 nitrogen and oxygen atoms in total. The molecule has 0 aliphatic carbocycles.